The summed E-state index contributed by atoms with van der Waals surface area (Å²) in [6, 6.07) is 19.3. The van der Waals surface area contributed by atoms with Crippen LogP contribution in [0.25, 0.3) is 17.0 Å². The fraction of sp³-hybridized carbons (Fsp3) is 0.150. The summed E-state index contributed by atoms with van der Waals surface area (Å²) in [4.78, 5) is 3.58. The van der Waals surface area contributed by atoms with Gasteiger partial charge in [0.2, 0.25) is 11.7 Å². The van der Waals surface area contributed by atoms with Crippen LogP contribution in [0.2, 0.25) is 0 Å². The average molecular weight is 334 g/mol. The van der Waals surface area contributed by atoms with Crippen LogP contribution in [0.1, 0.15) is 5.56 Å². The van der Waals surface area contributed by atoms with E-state index in [1.165, 1.54) is 32.1 Å². The fourth-order valence-corrected chi connectivity index (χ4v) is 4.20. The molecule has 0 aliphatic carbocycles. The Balaban J connectivity index is 1.83. The van der Waals surface area contributed by atoms with E-state index in [9.17, 15) is 0 Å². The Bertz CT molecular complexity index is 947. The van der Waals surface area contributed by atoms with Gasteiger partial charge < -0.3 is 4.90 Å². The number of hydrogen-bond donors (Lipinski definition) is 0. The maximum absolute atomic E-state index is 2.28. The van der Waals surface area contributed by atoms with Crippen molar-refractivity contribution in [2.45, 2.75) is 4.90 Å². The van der Waals surface area contributed by atoms with Crippen molar-refractivity contribution in [2.24, 2.45) is 0 Å². The molecule has 120 valence electrons. The van der Waals surface area contributed by atoms with E-state index in [0.717, 1.165) is 0 Å². The minimum absolute atomic E-state index is 1.21. The third kappa shape index (κ3) is 2.43. The third-order valence-electron chi connectivity index (χ3n) is 4.34. The van der Waals surface area contributed by atoms with Gasteiger partial charge in [-0.3, -0.25) is 0 Å². The van der Waals surface area contributed by atoms with E-state index in [-0.39, 0.29) is 0 Å². The van der Waals surface area contributed by atoms with E-state index >= 15 is 0 Å². The summed E-state index contributed by atoms with van der Waals surface area (Å²) in [6.45, 7) is 0. The molecule has 1 aliphatic rings. The lowest BCUT2D eigenvalue weighted by Gasteiger charge is -2.14. The van der Waals surface area contributed by atoms with Crippen molar-refractivity contribution in [3.8, 4) is 0 Å². The molecule has 2 aromatic carbocycles. The van der Waals surface area contributed by atoms with Gasteiger partial charge in [-0.25, -0.2) is 0 Å². The second kappa shape index (κ2) is 5.87. The van der Waals surface area contributed by atoms with E-state index in [2.05, 4.69) is 103 Å². The smallest absolute Gasteiger partial charge is 0.243 e. The normalized spacial score (nSPS) is 15.1. The molecular weight excluding hydrogens is 314 g/mol. The summed E-state index contributed by atoms with van der Waals surface area (Å²) < 4.78 is 2.16. The van der Waals surface area contributed by atoms with Gasteiger partial charge >= 0.3 is 0 Å². The van der Waals surface area contributed by atoms with E-state index in [1.54, 1.807) is 0 Å². The third-order valence-corrected chi connectivity index (χ3v) is 5.50. The zero-order valence-corrected chi connectivity index (χ0v) is 14.9. The number of nitrogens with zero attached hydrogens (tertiary/aromatic N) is 3. The lowest BCUT2D eigenvalue weighted by molar-refractivity contribution is -0.661. The molecule has 0 unspecified atom stereocenters. The van der Waals surface area contributed by atoms with Crippen LogP contribution >= 0.6 is 11.8 Å². The summed E-state index contributed by atoms with van der Waals surface area (Å²) >= 11 is 1.83. The summed E-state index contributed by atoms with van der Waals surface area (Å²) in [5.41, 5.74) is 3.73. The van der Waals surface area contributed by atoms with Gasteiger partial charge in [0.25, 0.3) is 0 Å². The first-order valence-electron chi connectivity index (χ1n) is 7.98. The predicted molar refractivity (Wildman–Crippen MR) is 103 cm³/mol. The monoisotopic (exact) mass is 334 g/mol. The molecule has 0 saturated carbocycles. The number of anilines is 1. The Kier molecular flexibility index (Phi) is 3.69. The van der Waals surface area contributed by atoms with Crippen molar-refractivity contribution in [3.05, 3.63) is 71.4 Å². The minimum atomic E-state index is 1.21. The van der Waals surface area contributed by atoms with Gasteiger partial charge in [0.15, 0.2) is 0 Å². The lowest BCUT2D eigenvalue weighted by atomic mass is 10.1. The molecule has 2 heterocycles. The number of benzene rings is 2. The number of fused-ring (bicyclic) bond motifs is 2. The van der Waals surface area contributed by atoms with Crippen LogP contribution in [0, 0.1) is 0 Å². The van der Waals surface area contributed by atoms with Crippen molar-refractivity contribution in [1.29, 1.82) is 0 Å². The maximum Gasteiger partial charge on any atom is 0.243 e. The number of thioether (sulfide) groups is 1. The fourth-order valence-electron chi connectivity index (χ4n) is 3.09. The van der Waals surface area contributed by atoms with Crippen molar-refractivity contribution >= 4 is 34.4 Å². The molecule has 0 radical (unpaired) electrons. The lowest BCUT2D eigenvalue weighted by Crippen LogP contribution is -2.52. The Morgan fingerprint density at radius 2 is 1.75 bits per heavy atom. The van der Waals surface area contributed by atoms with Gasteiger partial charge in [-0.15, -0.1) is 0 Å². The molecule has 4 heteroatoms. The maximum atomic E-state index is 2.28. The molecule has 0 bridgehead atoms. The number of pyridine rings is 1. The summed E-state index contributed by atoms with van der Waals surface area (Å²) in [5.74, 6) is 0. The molecule has 0 saturated heterocycles. The zero-order chi connectivity index (χ0) is 16.7. The van der Waals surface area contributed by atoms with Gasteiger partial charge in [-0.05, 0) is 29.8 Å². The number of rotatable bonds is 2. The highest BCUT2D eigenvalue weighted by Crippen LogP contribution is 2.45. The molecule has 0 N–H and O–H groups in total. The summed E-state index contributed by atoms with van der Waals surface area (Å²) in [7, 11) is 6.25. The van der Waals surface area contributed by atoms with Gasteiger partial charge in [0.1, 0.15) is 0 Å². The first kappa shape index (κ1) is 15.1. The molecule has 0 atom stereocenters. The van der Waals surface area contributed by atoms with Gasteiger partial charge in [0, 0.05) is 24.1 Å². The standard InChI is InChI=1S/C20H20N3S/c1-21(2)23-13-12-15(16-8-4-5-9-17(16)23)14-20-22(3)18-10-6-7-11-19(18)24-20/h4-14H,1-3H3/q+1. The van der Waals surface area contributed by atoms with Crippen LogP contribution in [0.15, 0.2) is 70.7 Å². The first-order chi connectivity index (χ1) is 11.6. The van der Waals surface area contributed by atoms with Crippen LogP contribution in [-0.2, 0) is 0 Å². The SMILES string of the molecule is CN1/C(=C/c2cc[n+](N(C)C)c3ccccc23)Sc2ccccc21. The van der Waals surface area contributed by atoms with Gasteiger partial charge in [0.05, 0.1) is 30.2 Å². The number of aromatic nitrogens is 1. The van der Waals surface area contributed by atoms with Gasteiger partial charge in [-0.2, -0.15) is 5.01 Å². The molecule has 0 fully saturated rings. The Morgan fingerprint density at radius 3 is 2.54 bits per heavy atom. The van der Waals surface area contributed by atoms with Crippen LogP contribution in [0.4, 0.5) is 5.69 Å². The number of para-hydroxylation sites is 2. The quantitative estimate of drug-likeness (QED) is 0.659. The van der Waals surface area contributed by atoms with E-state index < -0.39 is 0 Å². The van der Waals surface area contributed by atoms with E-state index in [1.807, 2.05) is 11.8 Å². The zero-order valence-electron chi connectivity index (χ0n) is 14.1. The number of hydrogen-bond acceptors (Lipinski definition) is 3. The van der Waals surface area contributed by atoms with Crippen molar-refractivity contribution in [1.82, 2.24) is 0 Å². The molecular formula is C20H20N3S+. The molecule has 1 aromatic heterocycles. The molecule has 24 heavy (non-hydrogen) atoms. The summed E-state index contributed by atoms with van der Waals surface area (Å²) in [6.07, 6.45) is 4.41. The molecule has 1 aliphatic heterocycles. The first-order valence-corrected chi connectivity index (χ1v) is 8.80. The van der Waals surface area contributed by atoms with Crippen molar-refractivity contribution < 1.29 is 4.68 Å². The summed E-state index contributed by atoms with van der Waals surface area (Å²) in [5, 5.41) is 4.60. The highest BCUT2D eigenvalue weighted by Gasteiger charge is 2.22. The highest BCUT2D eigenvalue weighted by atomic mass is 32.2. The minimum Gasteiger partial charge on any atom is -0.338 e. The largest absolute Gasteiger partial charge is 0.338 e. The molecule has 3 nitrogen and oxygen atoms in total. The molecule has 4 rings (SSSR count). The molecule has 3 aromatic rings. The van der Waals surface area contributed by atoms with Crippen LogP contribution in [-0.4, -0.2) is 21.1 Å². The second-order valence-electron chi connectivity index (χ2n) is 6.09. The van der Waals surface area contributed by atoms with Crippen LogP contribution in [0.5, 0.6) is 0 Å². The van der Waals surface area contributed by atoms with Crippen LogP contribution in [0.3, 0.4) is 0 Å². The second-order valence-corrected chi connectivity index (χ2v) is 7.15. The van der Waals surface area contributed by atoms with Crippen LogP contribution < -0.4 is 14.6 Å². The Morgan fingerprint density at radius 1 is 1.00 bits per heavy atom. The Labute approximate surface area is 146 Å². The Hall–Kier alpha value is -2.46. The molecule has 0 amide bonds. The topological polar surface area (TPSA) is 10.4 Å². The predicted octanol–water partition coefficient (Wildman–Crippen LogP) is 3.87. The molecule has 0 spiro atoms. The highest BCUT2D eigenvalue weighted by molar-refractivity contribution is 8.03. The van der Waals surface area contributed by atoms with E-state index in [0.29, 0.717) is 0 Å². The van der Waals surface area contributed by atoms with Crippen molar-refractivity contribution in [3.63, 3.8) is 0 Å². The van der Waals surface area contributed by atoms with E-state index in [4.69, 9.17) is 0 Å². The van der Waals surface area contributed by atoms with Crippen molar-refractivity contribution in [2.75, 3.05) is 31.1 Å². The average Bonchev–Trinajstić information content (AvgIpc) is 2.91. The van der Waals surface area contributed by atoms with Gasteiger partial charge in [-0.1, -0.05) is 40.7 Å².